The fourth-order valence-electron chi connectivity index (χ4n) is 2.58. The van der Waals surface area contributed by atoms with Gasteiger partial charge in [0.05, 0.1) is 6.04 Å². The number of hydrogen-bond acceptors (Lipinski definition) is 3. The van der Waals surface area contributed by atoms with Crippen molar-refractivity contribution in [2.75, 3.05) is 5.32 Å². The molecule has 116 valence electrons. The number of aryl methyl sites for hydroxylation is 1. The Kier molecular flexibility index (Phi) is 4.20. The number of rotatable bonds is 4. The Morgan fingerprint density at radius 3 is 1.65 bits per heavy atom. The van der Waals surface area contributed by atoms with Crippen LogP contribution in [0.25, 0.3) is 0 Å². The second-order valence-electron chi connectivity index (χ2n) is 5.58. The molecule has 3 N–H and O–H groups in total. The first kappa shape index (κ1) is 15.0. The molecule has 23 heavy (non-hydrogen) atoms. The first-order chi connectivity index (χ1) is 11.1. The predicted octanol–water partition coefficient (Wildman–Crippen LogP) is 4.61. The third-order valence-electron chi connectivity index (χ3n) is 3.90. The summed E-state index contributed by atoms with van der Waals surface area (Å²) in [6.07, 6.45) is 0. The summed E-state index contributed by atoms with van der Waals surface area (Å²) in [4.78, 5) is 0. The molecule has 0 unspecified atom stereocenters. The van der Waals surface area contributed by atoms with Crippen molar-refractivity contribution >= 4 is 5.69 Å². The zero-order valence-corrected chi connectivity index (χ0v) is 12.9. The molecule has 0 aliphatic rings. The second kappa shape index (κ2) is 6.44. The van der Waals surface area contributed by atoms with Gasteiger partial charge in [0.2, 0.25) is 0 Å². The van der Waals surface area contributed by atoms with Crippen molar-refractivity contribution in [3.8, 4) is 11.5 Å². The predicted molar refractivity (Wildman–Crippen MR) is 92.9 cm³/mol. The quantitative estimate of drug-likeness (QED) is 0.660. The van der Waals surface area contributed by atoms with E-state index in [1.807, 2.05) is 42.5 Å². The van der Waals surface area contributed by atoms with E-state index in [9.17, 15) is 10.2 Å². The van der Waals surface area contributed by atoms with Gasteiger partial charge in [0.25, 0.3) is 0 Å². The zero-order valence-electron chi connectivity index (χ0n) is 12.9. The number of phenols is 2. The van der Waals surface area contributed by atoms with Crippen LogP contribution in [0.3, 0.4) is 0 Å². The molecule has 0 fully saturated rings. The number of hydrogen-bond donors (Lipinski definition) is 3. The van der Waals surface area contributed by atoms with Gasteiger partial charge in [-0.3, -0.25) is 0 Å². The highest BCUT2D eigenvalue weighted by molar-refractivity contribution is 5.54. The van der Waals surface area contributed by atoms with E-state index in [-0.39, 0.29) is 17.5 Å². The molecule has 3 heteroatoms. The number of phenolic OH excluding ortho intramolecular Hbond substituents is 2. The first-order valence-electron chi connectivity index (χ1n) is 7.53. The van der Waals surface area contributed by atoms with Gasteiger partial charge in [0.15, 0.2) is 0 Å². The Labute approximate surface area is 135 Å². The molecular weight excluding hydrogens is 286 g/mol. The van der Waals surface area contributed by atoms with Crippen LogP contribution in [0.4, 0.5) is 5.69 Å². The van der Waals surface area contributed by atoms with Crippen LogP contribution >= 0.6 is 0 Å². The maximum atomic E-state index is 9.53. The molecular formula is C20H19NO2. The highest BCUT2D eigenvalue weighted by Crippen LogP contribution is 2.30. The molecule has 0 aliphatic heterocycles. The van der Waals surface area contributed by atoms with Crippen LogP contribution in [-0.4, -0.2) is 10.2 Å². The van der Waals surface area contributed by atoms with Gasteiger partial charge < -0.3 is 15.5 Å². The van der Waals surface area contributed by atoms with Crippen molar-refractivity contribution < 1.29 is 10.2 Å². The Morgan fingerprint density at radius 1 is 0.696 bits per heavy atom. The zero-order chi connectivity index (χ0) is 16.2. The van der Waals surface area contributed by atoms with Gasteiger partial charge in [-0.15, -0.1) is 0 Å². The second-order valence-corrected chi connectivity index (χ2v) is 5.58. The minimum atomic E-state index is -0.0719. The van der Waals surface area contributed by atoms with Crippen molar-refractivity contribution in [3.05, 3.63) is 89.5 Å². The van der Waals surface area contributed by atoms with Crippen molar-refractivity contribution in [2.24, 2.45) is 0 Å². The summed E-state index contributed by atoms with van der Waals surface area (Å²) in [6.45, 7) is 2.06. The van der Waals surface area contributed by atoms with Gasteiger partial charge in [-0.1, -0.05) is 42.5 Å². The lowest BCUT2D eigenvalue weighted by Gasteiger charge is -2.22. The fourth-order valence-corrected chi connectivity index (χ4v) is 2.58. The summed E-state index contributed by atoms with van der Waals surface area (Å²) < 4.78 is 0. The van der Waals surface area contributed by atoms with Crippen LogP contribution in [0.2, 0.25) is 0 Å². The summed E-state index contributed by atoms with van der Waals surface area (Å²) >= 11 is 0. The maximum absolute atomic E-state index is 9.53. The molecule has 0 atom stereocenters. The monoisotopic (exact) mass is 305 g/mol. The fraction of sp³-hybridized carbons (Fsp3) is 0.100. The average Bonchev–Trinajstić information content (AvgIpc) is 2.56. The molecule has 0 aliphatic carbocycles. The molecule has 0 amide bonds. The topological polar surface area (TPSA) is 52.5 Å². The molecule has 0 saturated carbocycles. The molecule has 3 nitrogen and oxygen atoms in total. The largest absolute Gasteiger partial charge is 0.508 e. The van der Waals surface area contributed by atoms with Gasteiger partial charge in [-0.25, -0.2) is 0 Å². The third kappa shape index (κ3) is 3.46. The molecule has 0 saturated heterocycles. The van der Waals surface area contributed by atoms with Crippen molar-refractivity contribution in [1.82, 2.24) is 0 Å². The molecule has 0 radical (unpaired) electrons. The van der Waals surface area contributed by atoms with E-state index >= 15 is 0 Å². The van der Waals surface area contributed by atoms with E-state index in [1.165, 1.54) is 0 Å². The van der Waals surface area contributed by atoms with Gasteiger partial charge in [-0.05, 0) is 53.9 Å². The van der Waals surface area contributed by atoms with E-state index in [2.05, 4.69) is 18.3 Å². The summed E-state index contributed by atoms with van der Waals surface area (Å²) in [5.74, 6) is 0.489. The summed E-state index contributed by atoms with van der Waals surface area (Å²) in [6, 6.07) is 22.4. The summed E-state index contributed by atoms with van der Waals surface area (Å²) in [5.41, 5.74) is 4.29. The lowest BCUT2D eigenvalue weighted by Crippen LogP contribution is -2.13. The number of anilines is 1. The lowest BCUT2D eigenvalue weighted by atomic mass is 9.97. The average molecular weight is 305 g/mol. The van der Waals surface area contributed by atoms with Crippen LogP contribution in [0, 0.1) is 6.92 Å². The maximum Gasteiger partial charge on any atom is 0.115 e. The molecule has 3 rings (SSSR count). The van der Waals surface area contributed by atoms with Crippen molar-refractivity contribution in [3.63, 3.8) is 0 Å². The Bertz CT molecular complexity index is 734. The minimum Gasteiger partial charge on any atom is -0.508 e. The number of benzene rings is 3. The van der Waals surface area contributed by atoms with Gasteiger partial charge in [0.1, 0.15) is 11.5 Å². The van der Waals surface area contributed by atoms with E-state index in [0.717, 1.165) is 22.4 Å². The minimum absolute atomic E-state index is 0.0719. The summed E-state index contributed by atoms with van der Waals surface area (Å²) in [5, 5.41) is 22.6. The van der Waals surface area contributed by atoms with E-state index < -0.39 is 0 Å². The highest BCUT2D eigenvalue weighted by Gasteiger charge is 2.15. The van der Waals surface area contributed by atoms with Crippen LogP contribution in [0.1, 0.15) is 22.7 Å². The van der Waals surface area contributed by atoms with E-state index in [4.69, 9.17) is 0 Å². The standard InChI is InChI=1S/C20H19NO2/c1-14-4-2-3-5-19(14)21-20(15-6-10-17(22)11-7-15)16-8-12-18(23)13-9-16/h2-13,20-23H,1H3. The molecule has 3 aromatic rings. The third-order valence-corrected chi connectivity index (χ3v) is 3.90. The summed E-state index contributed by atoms with van der Waals surface area (Å²) in [7, 11) is 0. The highest BCUT2D eigenvalue weighted by atomic mass is 16.3. The molecule has 0 aromatic heterocycles. The number of aromatic hydroxyl groups is 2. The number of nitrogens with one attached hydrogen (secondary N) is 1. The smallest absolute Gasteiger partial charge is 0.115 e. The van der Waals surface area contributed by atoms with Crippen LogP contribution in [0.5, 0.6) is 11.5 Å². The van der Waals surface area contributed by atoms with Gasteiger partial charge in [0, 0.05) is 5.69 Å². The Balaban J connectivity index is 2.01. The normalized spacial score (nSPS) is 10.7. The molecule has 3 aromatic carbocycles. The van der Waals surface area contributed by atoms with E-state index in [1.54, 1.807) is 24.3 Å². The Morgan fingerprint density at radius 2 is 1.17 bits per heavy atom. The SMILES string of the molecule is Cc1ccccc1NC(c1ccc(O)cc1)c1ccc(O)cc1. The number of para-hydroxylation sites is 1. The lowest BCUT2D eigenvalue weighted by molar-refractivity contribution is 0.475. The van der Waals surface area contributed by atoms with E-state index in [0.29, 0.717) is 0 Å². The van der Waals surface area contributed by atoms with Crippen molar-refractivity contribution in [2.45, 2.75) is 13.0 Å². The van der Waals surface area contributed by atoms with Crippen molar-refractivity contribution in [1.29, 1.82) is 0 Å². The molecule has 0 spiro atoms. The van der Waals surface area contributed by atoms with Gasteiger partial charge in [-0.2, -0.15) is 0 Å². The van der Waals surface area contributed by atoms with Crippen LogP contribution in [0.15, 0.2) is 72.8 Å². The Hall–Kier alpha value is -2.94. The van der Waals surface area contributed by atoms with Crippen LogP contribution in [-0.2, 0) is 0 Å². The molecule has 0 heterocycles. The van der Waals surface area contributed by atoms with Gasteiger partial charge >= 0.3 is 0 Å². The molecule has 0 bridgehead atoms. The van der Waals surface area contributed by atoms with Crippen LogP contribution < -0.4 is 5.32 Å². The first-order valence-corrected chi connectivity index (χ1v) is 7.53.